The topological polar surface area (TPSA) is 178 Å². The predicted molar refractivity (Wildman–Crippen MR) is 122 cm³/mol. The van der Waals surface area contributed by atoms with Crippen LogP contribution in [-0.4, -0.2) is 82.3 Å². The van der Waals surface area contributed by atoms with Gasteiger partial charge in [0.25, 0.3) is 5.71 Å². The summed E-state index contributed by atoms with van der Waals surface area (Å²) < 4.78 is 32.9. The van der Waals surface area contributed by atoms with E-state index >= 15 is 0 Å². The lowest BCUT2D eigenvalue weighted by atomic mass is 9.97. The highest BCUT2D eigenvalue weighted by atomic mass is 32.2. The van der Waals surface area contributed by atoms with Crippen molar-refractivity contribution in [2.45, 2.75) is 70.4 Å². The number of ether oxygens (including phenoxy) is 5. The highest BCUT2D eigenvalue weighted by Gasteiger charge is 2.52. The molecular formula is C21H26N4O10S. The molecule has 3 heterocycles. The molecule has 3 rings (SSSR count). The number of carbonyl (C=O) groups is 4. The molecule has 15 heteroatoms. The van der Waals surface area contributed by atoms with E-state index < -0.39 is 54.5 Å². The Hall–Kier alpha value is -3.46. The van der Waals surface area contributed by atoms with Crippen LogP contribution in [0.3, 0.4) is 0 Å². The summed E-state index contributed by atoms with van der Waals surface area (Å²) >= 11 is 1.25. The number of aryl methyl sites for hydroxylation is 1. The van der Waals surface area contributed by atoms with E-state index in [-0.39, 0.29) is 23.7 Å². The summed E-state index contributed by atoms with van der Waals surface area (Å²) in [6.45, 7) is 5.92. The standard InChI is InChI=1S/C21H26N4O10S/c1-8-22-14-18(24-21(36-6)25-19(14)31-8)23-20-17(34-12(5)29)16(33-11(4)28)15(32-10(3)27)13(35-20)7-30-9(2)26/h13,15-17,20H,7H2,1-6H3,(H,23,24,25). The number of carbonyl (C=O) groups excluding carboxylic acids is 4. The van der Waals surface area contributed by atoms with Gasteiger partial charge in [-0.2, -0.15) is 4.98 Å². The second kappa shape index (κ2) is 11.5. The van der Waals surface area contributed by atoms with Gasteiger partial charge in [-0.05, 0) is 6.26 Å². The van der Waals surface area contributed by atoms with E-state index in [4.69, 9.17) is 28.1 Å². The number of thioether (sulfide) groups is 1. The van der Waals surface area contributed by atoms with Gasteiger partial charge in [-0.3, -0.25) is 19.2 Å². The summed E-state index contributed by atoms with van der Waals surface area (Å²) in [5.74, 6) is -2.27. The molecule has 2 aromatic rings. The van der Waals surface area contributed by atoms with Crippen molar-refractivity contribution in [1.82, 2.24) is 15.0 Å². The minimum absolute atomic E-state index is 0.182. The predicted octanol–water partition coefficient (Wildman–Crippen LogP) is 1.14. The van der Waals surface area contributed by atoms with Crippen LogP contribution in [0.15, 0.2) is 9.57 Å². The maximum atomic E-state index is 12.0. The van der Waals surface area contributed by atoms with Crippen LogP contribution in [-0.2, 0) is 42.9 Å². The number of aromatic nitrogens is 3. The fraction of sp³-hybridized carbons (Fsp3) is 0.571. The third-order valence-corrected chi connectivity index (χ3v) is 5.35. The van der Waals surface area contributed by atoms with Crippen LogP contribution in [0.1, 0.15) is 33.6 Å². The SMILES string of the molecule is CSc1nc(NC2OC(COC(C)=O)C(OC(C)=O)C(OC(C)=O)C2OC(C)=O)c2nc(C)oc2n1. The van der Waals surface area contributed by atoms with E-state index in [1.54, 1.807) is 13.2 Å². The van der Waals surface area contributed by atoms with E-state index in [0.717, 1.165) is 20.8 Å². The van der Waals surface area contributed by atoms with Crippen molar-refractivity contribution in [1.29, 1.82) is 0 Å². The van der Waals surface area contributed by atoms with E-state index in [0.29, 0.717) is 11.0 Å². The monoisotopic (exact) mass is 526 g/mol. The van der Waals surface area contributed by atoms with Crippen LogP contribution in [0.4, 0.5) is 5.82 Å². The molecule has 1 N–H and O–H groups in total. The molecule has 5 unspecified atom stereocenters. The number of hydrogen-bond acceptors (Lipinski definition) is 15. The molecule has 0 radical (unpaired) electrons. The zero-order chi connectivity index (χ0) is 26.6. The molecule has 0 aliphatic carbocycles. The number of rotatable bonds is 8. The third-order valence-electron chi connectivity index (χ3n) is 4.80. The average Bonchev–Trinajstić information content (AvgIpc) is 3.15. The molecule has 0 spiro atoms. The van der Waals surface area contributed by atoms with Gasteiger partial charge in [0.2, 0.25) is 0 Å². The number of anilines is 1. The summed E-state index contributed by atoms with van der Waals surface area (Å²) in [5.41, 5.74) is 0.484. The Morgan fingerprint density at radius 2 is 1.50 bits per heavy atom. The van der Waals surface area contributed by atoms with Crippen LogP contribution < -0.4 is 5.32 Å². The Bertz CT molecular complexity index is 1160. The molecule has 2 aromatic heterocycles. The molecule has 1 aliphatic heterocycles. The van der Waals surface area contributed by atoms with Gasteiger partial charge < -0.3 is 33.4 Å². The Balaban J connectivity index is 2.07. The summed E-state index contributed by atoms with van der Waals surface area (Å²) in [4.78, 5) is 60.3. The van der Waals surface area contributed by atoms with Crippen molar-refractivity contribution >= 4 is 52.7 Å². The van der Waals surface area contributed by atoms with Crippen LogP contribution in [0.25, 0.3) is 11.2 Å². The molecule has 1 saturated heterocycles. The van der Waals surface area contributed by atoms with Gasteiger partial charge in [-0.1, -0.05) is 11.8 Å². The molecule has 0 bridgehead atoms. The van der Waals surface area contributed by atoms with Gasteiger partial charge in [-0.15, -0.1) is 0 Å². The zero-order valence-corrected chi connectivity index (χ0v) is 21.2. The lowest BCUT2D eigenvalue weighted by Gasteiger charge is -2.44. The van der Waals surface area contributed by atoms with E-state index in [9.17, 15) is 19.2 Å². The number of nitrogens with one attached hydrogen (secondary N) is 1. The first-order valence-electron chi connectivity index (χ1n) is 10.7. The van der Waals surface area contributed by atoms with E-state index in [2.05, 4.69) is 20.3 Å². The minimum Gasteiger partial charge on any atom is -0.463 e. The van der Waals surface area contributed by atoms with Crippen LogP contribution in [0.2, 0.25) is 0 Å². The first-order chi connectivity index (χ1) is 17.0. The molecule has 196 valence electrons. The van der Waals surface area contributed by atoms with Gasteiger partial charge in [0.05, 0.1) is 0 Å². The summed E-state index contributed by atoms with van der Waals surface area (Å²) in [5, 5.41) is 3.36. The molecule has 0 saturated carbocycles. The smallest absolute Gasteiger partial charge is 0.303 e. The summed E-state index contributed by atoms with van der Waals surface area (Å²) in [6, 6.07) is 0. The fourth-order valence-electron chi connectivity index (χ4n) is 3.58. The Kier molecular flexibility index (Phi) is 8.68. The molecule has 0 amide bonds. The molecular weight excluding hydrogens is 500 g/mol. The molecule has 14 nitrogen and oxygen atoms in total. The minimum atomic E-state index is -1.32. The number of esters is 4. The first kappa shape index (κ1) is 27.1. The first-order valence-corrected chi connectivity index (χ1v) is 12.0. The summed E-state index contributed by atoms with van der Waals surface area (Å²) in [6.07, 6.45) is -4.45. The van der Waals surface area contributed by atoms with E-state index in [1.807, 2.05) is 0 Å². The zero-order valence-electron chi connectivity index (χ0n) is 20.4. The van der Waals surface area contributed by atoms with Crippen molar-refractivity contribution in [2.75, 3.05) is 18.2 Å². The van der Waals surface area contributed by atoms with Crippen molar-refractivity contribution in [3.8, 4) is 0 Å². The van der Waals surface area contributed by atoms with Gasteiger partial charge in [0.15, 0.2) is 46.9 Å². The quantitative estimate of drug-likeness (QED) is 0.224. The normalized spacial score (nSPS) is 23.6. The Labute approximate surface area is 209 Å². The molecule has 5 atom stereocenters. The highest BCUT2D eigenvalue weighted by molar-refractivity contribution is 7.98. The van der Waals surface area contributed by atoms with Crippen molar-refractivity contribution in [3.05, 3.63) is 5.89 Å². The molecule has 1 fully saturated rings. The van der Waals surface area contributed by atoms with Crippen LogP contribution in [0, 0.1) is 6.92 Å². The largest absolute Gasteiger partial charge is 0.463 e. The lowest BCUT2D eigenvalue weighted by molar-refractivity contribution is -0.247. The second-order valence-electron chi connectivity index (χ2n) is 7.71. The van der Waals surface area contributed by atoms with Crippen molar-refractivity contribution < 1.29 is 47.3 Å². The second-order valence-corrected chi connectivity index (χ2v) is 8.48. The van der Waals surface area contributed by atoms with Crippen LogP contribution in [0.5, 0.6) is 0 Å². The lowest BCUT2D eigenvalue weighted by Crippen LogP contribution is -2.64. The number of nitrogens with zero attached hydrogens (tertiary/aromatic N) is 3. The Morgan fingerprint density at radius 1 is 0.889 bits per heavy atom. The van der Waals surface area contributed by atoms with Gasteiger partial charge in [-0.25, -0.2) is 9.97 Å². The van der Waals surface area contributed by atoms with Crippen molar-refractivity contribution in [2.24, 2.45) is 0 Å². The van der Waals surface area contributed by atoms with Crippen molar-refractivity contribution in [3.63, 3.8) is 0 Å². The fourth-order valence-corrected chi connectivity index (χ4v) is 3.93. The van der Waals surface area contributed by atoms with Crippen LogP contribution >= 0.6 is 11.8 Å². The Morgan fingerprint density at radius 3 is 2.08 bits per heavy atom. The maximum absolute atomic E-state index is 12.0. The van der Waals surface area contributed by atoms with Gasteiger partial charge in [0.1, 0.15) is 12.7 Å². The maximum Gasteiger partial charge on any atom is 0.303 e. The van der Waals surface area contributed by atoms with Gasteiger partial charge >= 0.3 is 23.9 Å². The molecule has 36 heavy (non-hydrogen) atoms. The molecule has 0 aromatic carbocycles. The third kappa shape index (κ3) is 6.60. The number of oxazole rings is 1. The molecule has 1 aliphatic rings. The number of hydrogen-bond donors (Lipinski definition) is 1. The van der Waals surface area contributed by atoms with E-state index in [1.165, 1.54) is 18.7 Å². The number of fused-ring (bicyclic) bond motifs is 1. The van der Waals surface area contributed by atoms with Gasteiger partial charge in [0, 0.05) is 34.6 Å². The summed E-state index contributed by atoms with van der Waals surface area (Å²) in [7, 11) is 0. The highest BCUT2D eigenvalue weighted by Crippen LogP contribution is 2.32. The average molecular weight is 527 g/mol.